The summed E-state index contributed by atoms with van der Waals surface area (Å²) in [6.07, 6.45) is 2.41. The fourth-order valence-electron chi connectivity index (χ4n) is 2.48. The number of ether oxygens (including phenoxy) is 1. The number of nitrogens with two attached hydrogens (primary N) is 1. The first-order chi connectivity index (χ1) is 9.65. The molecule has 0 spiro atoms. The lowest BCUT2D eigenvalue weighted by molar-refractivity contribution is 0.0459. The first-order valence-corrected chi connectivity index (χ1v) is 7.17. The summed E-state index contributed by atoms with van der Waals surface area (Å²) in [4.78, 5) is 2.28. The average Bonchev–Trinajstić information content (AvgIpc) is 2.47. The van der Waals surface area contributed by atoms with E-state index in [0.29, 0.717) is 16.7 Å². The van der Waals surface area contributed by atoms with Gasteiger partial charge in [-0.05, 0) is 38.0 Å². The van der Waals surface area contributed by atoms with Crippen LogP contribution in [0.15, 0.2) is 23.4 Å². The Morgan fingerprint density at radius 1 is 1.50 bits per heavy atom. The largest absolute Gasteiger partial charge is 0.409 e. The monoisotopic (exact) mass is 297 g/mol. The maximum Gasteiger partial charge on any atom is 0.171 e. The molecule has 0 aliphatic carbocycles. The number of rotatable bonds is 4. The fourth-order valence-corrected chi connectivity index (χ4v) is 2.75. The second kappa shape index (κ2) is 6.81. The van der Waals surface area contributed by atoms with Crippen LogP contribution in [-0.2, 0) is 4.74 Å². The minimum Gasteiger partial charge on any atom is -0.409 e. The van der Waals surface area contributed by atoms with E-state index < -0.39 is 0 Å². The zero-order chi connectivity index (χ0) is 14.5. The highest BCUT2D eigenvalue weighted by atomic mass is 35.5. The summed E-state index contributed by atoms with van der Waals surface area (Å²) >= 11 is 6.18. The Balaban J connectivity index is 2.06. The minimum atomic E-state index is 0.0246. The molecule has 0 amide bonds. The molecule has 0 aromatic heterocycles. The van der Waals surface area contributed by atoms with Crippen LogP contribution in [0.4, 0.5) is 5.69 Å². The van der Waals surface area contributed by atoms with Crippen LogP contribution in [0.1, 0.15) is 25.3 Å². The van der Waals surface area contributed by atoms with Crippen LogP contribution in [0.2, 0.25) is 5.02 Å². The molecule has 6 heteroatoms. The van der Waals surface area contributed by atoms with Gasteiger partial charge in [0.2, 0.25) is 0 Å². The van der Waals surface area contributed by atoms with Crippen LogP contribution in [0.5, 0.6) is 0 Å². The summed E-state index contributed by atoms with van der Waals surface area (Å²) in [5.41, 5.74) is 7.16. The maximum atomic E-state index is 8.69. The Kier molecular flexibility index (Phi) is 5.09. The minimum absolute atomic E-state index is 0.0246. The molecule has 1 aliphatic heterocycles. The lowest BCUT2D eigenvalue weighted by atomic mass is 10.1. The van der Waals surface area contributed by atoms with Gasteiger partial charge >= 0.3 is 0 Å². The van der Waals surface area contributed by atoms with Crippen molar-refractivity contribution in [2.45, 2.75) is 25.9 Å². The Morgan fingerprint density at radius 3 is 2.75 bits per heavy atom. The van der Waals surface area contributed by atoms with E-state index in [9.17, 15) is 0 Å². The van der Waals surface area contributed by atoms with Gasteiger partial charge in [-0.15, -0.1) is 0 Å². The third kappa shape index (κ3) is 3.35. The highest BCUT2D eigenvalue weighted by molar-refractivity contribution is 6.34. The zero-order valence-corrected chi connectivity index (χ0v) is 12.3. The molecule has 0 bridgehead atoms. The topological polar surface area (TPSA) is 71.1 Å². The molecule has 5 nitrogen and oxygen atoms in total. The third-order valence-electron chi connectivity index (χ3n) is 3.55. The molecule has 1 aliphatic rings. The Morgan fingerprint density at radius 2 is 2.20 bits per heavy atom. The molecule has 20 heavy (non-hydrogen) atoms. The van der Waals surface area contributed by atoms with Crippen molar-refractivity contribution in [3.8, 4) is 0 Å². The molecule has 1 fully saturated rings. The summed E-state index contributed by atoms with van der Waals surface area (Å²) in [6, 6.07) is 5.58. The van der Waals surface area contributed by atoms with Gasteiger partial charge in [0.1, 0.15) is 0 Å². The van der Waals surface area contributed by atoms with Crippen molar-refractivity contribution in [1.82, 2.24) is 0 Å². The molecule has 1 heterocycles. The number of benzene rings is 1. The van der Waals surface area contributed by atoms with Crippen LogP contribution >= 0.6 is 11.6 Å². The first-order valence-electron chi connectivity index (χ1n) is 6.79. The van der Waals surface area contributed by atoms with E-state index in [2.05, 4.69) is 10.1 Å². The quantitative estimate of drug-likeness (QED) is 0.387. The van der Waals surface area contributed by atoms with Gasteiger partial charge in [0.15, 0.2) is 5.84 Å². The molecular weight excluding hydrogens is 278 g/mol. The van der Waals surface area contributed by atoms with Gasteiger partial charge < -0.3 is 20.6 Å². The molecule has 110 valence electrons. The number of nitrogens with zero attached hydrogens (tertiary/aromatic N) is 2. The highest BCUT2D eigenvalue weighted by Gasteiger charge is 2.20. The molecular formula is C14H20ClN3O2. The van der Waals surface area contributed by atoms with Gasteiger partial charge in [-0.2, -0.15) is 0 Å². The van der Waals surface area contributed by atoms with Gasteiger partial charge in [0.25, 0.3) is 0 Å². The van der Waals surface area contributed by atoms with Gasteiger partial charge in [-0.1, -0.05) is 16.8 Å². The van der Waals surface area contributed by atoms with E-state index >= 15 is 0 Å². The summed E-state index contributed by atoms with van der Waals surface area (Å²) in [7, 11) is 0. The summed E-state index contributed by atoms with van der Waals surface area (Å²) in [6.45, 7) is 4.69. The number of piperidine rings is 1. The predicted molar refractivity (Wildman–Crippen MR) is 80.8 cm³/mol. The average molecular weight is 298 g/mol. The van der Waals surface area contributed by atoms with E-state index in [4.69, 9.17) is 27.3 Å². The normalized spacial score (nSPS) is 17.5. The molecule has 0 atom stereocenters. The maximum absolute atomic E-state index is 8.69. The van der Waals surface area contributed by atoms with Crippen molar-refractivity contribution in [3.63, 3.8) is 0 Å². The van der Waals surface area contributed by atoms with Gasteiger partial charge in [0.05, 0.1) is 11.1 Å². The van der Waals surface area contributed by atoms with Crippen molar-refractivity contribution in [3.05, 3.63) is 28.8 Å². The van der Waals surface area contributed by atoms with E-state index in [-0.39, 0.29) is 5.84 Å². The number of halogens is 1. The zero-order valence-electron chi connectivity index (χ0n) is 11.6. The van der Waals surface area contributed by atoms with Crippen LogP contribution in [0.3, 0.4) is 0 Å². The molecule has 1 aromatic rings. The van der Waals surface area contributed by atoms with E-state index in [1.165, 1.54) is 0 Å². The SMILES string of the molecule is CCOC1CCN(c2ccc(C(N)=NO)c(Cl)c2)CC1. The Bertz CT molecular complexity index is 485. The van der Waals surface area contributed by atoms with Crippen molar-refractivity contribution in [2.24, 2.45) is 10.9 Å². The van der Waals surface area contributed by atoms with Gasteiger partial charge in [-0.3, -0.25) is 0 Å². The van der Waals surface area contributed by atoms with Gasteiger partial charge in [-0.25, -0.2) is 0 Å². The standard InChI is InChI=1S/C14H20ClN3O2/c1-2-20-11-5-7-18(8-6-11)10-3-4-12(13(15)9-10)14(16)17-19/h3-4,9,11,19H,2,5-8H2,1H3,(H2,16,17). The highest BCUT2D eigenvalue weighted by Crippen LogP contribution is 2.26. The second-order valence-electron chi connectivity index (χ2n) is 4.79. The Hall–Kier alpha value is -1.46. The first kappa shape index (κ1) is 14.9. The Labute approximate surface area is 124 Å². The molecule has 0 radical (unpaired) electrons. The fraction of sp³-hybridized carbons (Fsp3) is 0.500. The molecule has 1 saturated heterocycles. The van der Waals surface area contributed by atoms with Crippen molar-refractivity contribution < 1.29 is 9.94 Å². The van der Waals surface area contributed by atoms with Crippen molar-refractivity contribution in [2.75, 3.05) is 24.6 Å². The summed E-state index contributed by atoms with van der Waals surface area (Å²) < 4.78 is 5.64. The second-order valence-corrected chi connectivity index (χ2v) is 5.20. The molecule has 0 saturated carbocycles. The molecule has 2 rings (SSSR count). The van der Waals surface area contributed by atoms with E-state index in [0.717, 1.165) is 38.2 Å². The van der Waals surface area contributed by atoms with E-state index in [1.807, 2.05) is 19.1 Å². The van der Waals surface area contributed by atoms with Crippen LogP contribution in [0, 0.1) is 0 Å². The number of amidine groups is 1. The number of oxime groups is 1. The van der Waals surface area contributed by atoms with Crippen LogP contribution in [0.25, 0.3) is 0 Å². The lowest BCUT2D eigenvalue weighted by Gasteiger charge is -2.33. The molecule has 0 unspecified atom stereocenters. The van der Waals surface area contributed by atoms with Crippen molar-refractivity contribution >= 4 is 23.1 Å². The summed E-state index contributed by atoms with van der Waals surface area (Å²) in [5.74, 6) is 0.0246. The number of anilines is 1. The van der Waals surface area contributed by atoms with Crippen LogP contribution < -0.4 is 10.6 Å². The summed E-state index contributed by atoms with van der Waals surface area (Å²) in [5, 5.41) is 12.2. The number of hydrogen-bond acceptors (Lipinski definition) is 4. The van der Waals surface area contributed by atoms with E-state index in [1.54, 1.807) is 6.07 Å². The van der Waals surface area contributed by atoms with Crippen LogP contribution in [-0.4, -0.2) is 36.8 Å². The molecule has 1 aromatic carbocycles. The third-order valence-corrected chi connectivity index (χ3v) is 3.86. The smallest absolute Gasteiger partial charge is 0.171 e. The predicted octanol–water partition coefficient (Wildman–Crippen LogP) is 2.44. The number of hydrogen-bond donors (Lipinski definition) is 2. The van der Waals surface area contributed by atoms with Gasteiger partial charge in [0, 0.05) is 30.9 Å². The van der Waals surface area contributed by atoms with Crippen molar-refractivity contribution in [1.29, 1.82) is 0 Å². The lowest BCUT2D eigenvalue weighted by Crippen LogP contribution is -2.37. The molecule has 3 N–H and O–H groups in total.